The summed E-state index contributed by atoms with van der Waals surface area (Å²) in [4.78, 5) is 30.3. The van der Waals surface area contributed by atoms with Gasteiger partial charge in [-0.25, -0.2) is 0 Å². The Morgan fingerprint density at radius 2 is 1.42 bits per heavy atom. The second kappa shape index (κ2) is 25.5. The Bertz CT molecular complexity index is 1240. The van der Waals surface area contributed by atoms with Crippen molar-refractivity contribution in [2.24, 2.45) is 63.5 Å². The van der Waals surface area contributed by atoms with Crippen molar-refractivity contribution in [3.8, 4) is 0 Å². The van der Waals surface area contributed by atoms with E-state index in [0.717, 1.165) is 96.9 Å². The Kier molecular flexibility index (Phi) is 21.7. The van der Waals surface area contributed by atoms with Crippen LogP contribution in [0.3, 0.4) is 0 Å². The molecule has 0 aromatic carbocycles. The van der Waals surface area contributed by atoms with Gasteiger partial charge < -0.3 is 41.2 Å². The van der Waals surface area contributed by atoms with Gasteiger partial charge in [0.25, 0.3) is 0 Å². The molecule has 4 aliphatic rings. The third kappa shape index (κ3) is 13.0. The van der Waals surface area contributed by atoms with E-state index in [2.05, 4.69) is 39.2 Å². The number of hydrogen-bond donors (Lipinski definition) is 3. The third-order valence-electron chi connectivity index (χ3n) is 16.0. The molecule has 0 spiro atoms. The molecule has 4 rings (SSSR count). The fraction of sp³-hybridized carbons (Fsp3) is 0.918. The molecular weight excluding hydrogens is 739 g/mol. The van der Waals surface area contributed by atoms with Crippen LogP contribution in [0.1, 0.15) is 157 Å². The van der Waals surface area contributed by atoms with Crippen molar-refractivity contribution in [2.75, 3.05) is 65.6 Å². The Labute approximate surface area is 361 Å². The van der Waals surface area contributed by atoms with Gasteiger partial charge >= 0.3 is 0 Å². The third-order valence-corrected chi connectivity index (χ3v) is 16.0. The average Bonchev–Trinajstić information content (AvgIpc) is 3.59. The standard InChI is InChI=1S/C49H91N5O5/c1-7-10-11-12-13-14-28-53(46(56)36-54(27-8-2)45(55)9-3)29-15-19-37(4)40-20-21-41-47-42(35-44(49(40,41)6)59-32-18-26-52)48(5)23-22-39(57-30-16-24-50)33-38(48)34-43(47)58-31-17-25-51/h8,37-44,47H,2,7,9-36,50-52H2,1,3-6H3/t37-,38?,39-,40-,41+,42+,43-,44+,47?,48+,49-/m1/s1. The summed E-state index contributed by atoms with van der Waals surface area (Å²) in [7, 11) is 0. The minimum absolute atomic E-state index is 0.00268. The Hall–Kier alpha value is -1.56. The quantitative estimate of drug-likeness (QED) is 0.0507. The number of carbonyl (C=O) groups is 2. The number of carbonyl (C=O) groups excluding carboxylic acids is 2. The summed E-state index contributed by atoms with van der Waals surface area (Å²) in [5.74, 6) is 3.26. The summed E-state index contributed by atoms with van der Waals surface area (Å²) < 4.78 is 20.5. The molecule has 0 saturated heterocycles. The zero-order valence-corrected chi connectivity index (χ0v) is 38.7. The van der Waals surface area contributed by atoms with E-state index in [1.807, 2.05) is 6.92 Å². The monoisotopic (exact) mass is 830 g/mol. The van der Waals surface area contributed by atoms with Gasteiger partial charge in [0.15, 0.2) is 0 Å². The molecule has 0 radical (unpaired) electrons. The number of rotatable bonds is 29. The maximum Gasteiger partial charge on any atom is 0.242 e. The molecule has 0 aromatic rings. The molecule has 0 aromatic heterocycles. The number of amides is 2. The van der Waals surface area contributed by atoms with E-state index in [-0.39, 0.29) is 41.4 Å². The molecule has 59 heavy (non-hydrogen) atoms. The smallest absolute Gasteiger partial charge is 0.242 e. The highest BCUT2D eigenvalue weighted by molar-refractivity contribution is 5.84. The Balaban J connectivity index is 1.53. The normalized spacial score (nSPS) is 31.9. The van der Waals surface area contributed by atoms with Crippen LogP contribution in [0.15, 0.2) is 12.7 Å². The minimum atomic E-state index is 0.00268. The first-order chi connectivity index (χ1) is 28.5. The van der Waals surface area contributed by atoms with E-state index >= 15 is 0 Å². The number of fused-ring (bicyclic) bond motifs is 5. The lowest BCUT2D eigenvalue weighted by atomic mass is 9.43. The predicted molar refractivity (Wildman–Crippen MR) is 242 cm³/mol. The van der Waals surface area contributed by atoms with Crippen molar-refractivity contribution in [1.82, 2.24) is 9.80 Å². The van der Waals surface area contributed by atoms with Crippen molar-refractivity contribution in [2.45, 2.75) is 175 Å². The van der Waals surface area contributed by atoms with Crippen molar-refractivity contribution < 1.29 is 23.8 Å². The van der Waals surface area contributed by atoms with Gasteiger partial charge in [0.05, 0.1) is 18.3 Å². The lowest BCUT2D eigenvalue weighted by Crippen LogP contribution is -2.63. The number of unbranched alkanes of at least 4 members (excludes halogenated alkanes) is 5. The van der Waals surface area contributed by atoms with Crippen molar-refractivity contribution in [3.63, 3.8) is 0 Å². The molecule has 0 aliphatic heterocycles. The highest BCUT2D eigenvalue weighted by Crippen LogP contribution is 2.69. The molecule has 0 bridgehead atoms. The van der Waals surface area contributed by atoms with Gasteiger partial charge in [0.2, 0.25) is 11.8 Å². The highest BCUT2D eigenvalue weighted by atomic mass is 16.5. The summed E-state index contributed by atoms with van der Waals surface area (Å²) in [5, 5.41) is 0. The molecule has 4 fully saturated rings. The SMILES string of the molecule is C=CCN(CC(=O)N(CCCCCCCC)CCC[C@@H](C)[C@H]1CC[C@H]2C3[C@H](OCCCN)CC4C[C@H](OCCCN)CC[C@]4(C)[C@H]3C[C@H](OCCCN)[C@]12C)C(=O)CC. The van der Waals surface area contributed by atoms with E-state index in [4.69, 9.17) is 31.4 Å². The first kappa shape index (κ1) is 50.1. The van der Waals surface area contributed by atoms with Crippen LogP contribution in [0.4, 0.5) is 0 Å². The largest absolute Gasteiger partial charge is 0.378 e. The maximum atomic E-state index is 13.9. The zero-order chi connectivity index (χ0) is 42.8. The average molecular weight is 830 g/mol. The van der Waals surface area contributed by atoms with Crippen LogP contribution < -0.4 is 17.2 Å². The fourth-order valence-corrected chi connectivity index (χ4v) is 12.7. The van der Waals surface area contributed by atoms with Gasteiger partial charge in [-0.3, -0.25) is 9.59 Å². The topological polar surface area (TPSA) is 146 Å². The second-order valence-electron chi connectivity index (χ2n) is 19.7. The molecule has 2 unspecified atom stereocenters. The lowest BCUT2D eigenvalue weighted by Gasteiger charge is -2.65. The van der Waals surface area contributed by atoms with Gasteiger partial charge in [-0.2, -0.15) is 0 Å². The summed E-state index contributed by atoms with van der Waals surface area (Å²) in [6, 6.07) is 0. The van der Waals surface area contributed by atoms with E-state index < -0.39 is 0 Å². The van der Waals surface area contributed by atoms with E-state index in [0.29, 0.717) is 80.8 Å². The Morgan fingerprint density at radius 3 is 2.10 bits per heavy atom. The van der Waals surface area contributed by atoms with Gasteiger partial charge in [0.1, 0.15) is 6.54 Å². The molecule has 10 nitrogen and oxygen atoms in total. The molecule has 4 saturated carbocycles. The molecule has 11 atom stereocenters. The maximum absolute atomic E-state index is 13.9. The first-order valence-electron chi connectivity index (χ1n) is 24.6. The summed E-state index contributed by atoms with van der Waals surface area (Å²) in [6.07, 6.45) is 22.8. The number of nitrogens with two attached hydrogens (primary N) is 3. The second-order valence-corrected chi connectivity index (χ2v) is 19.7. The highest BCUT2D eigenvalue weighted by Gasteiger charge is 2.66. The molecule has 2 amide bonds. The van der Waals surface area contributed by atoms with Crippen LogP contribution in [0.25, 0.3) is 0 Å². The zero-order valence-electron chi connectivity index (χ0n) is 38.7. The number of nitrogens with zero attached hydrogens (tertiary/aromatic N) is 2. The van der Waals surface area contributed by atoms with Crippen LogP contribution >= 0.6 is 0 Å². The first-order valence-corrected chi connectivity index (χ1v) is 24.6. The van der Waals surface area contributed by atoms with Crippen LogP contribution in [-0.2, 0) is 23.8 Å². The van der Waals surface area contributed by atoms with Gasteiger partial charge in [-0.15, -0.1) is 6.58 Å². The number of hydrogen-bond acceptors (Lipinski definition) is 8. The van der Waals surface area contributed by atoms with Crippen LogP contribution in [0.5, 0.6) is 0 Å². The molecule has 0 heterocycles. The molecule has 6 N–H and O–H groups in total. The molecule has 342 valence electrons. The summed E-state index contributed by atoms with van der Waals surface area (Å²) in [5.41, 5.74) is 18.2. The van der Waals surface area contributed by atoms with Crippen molar-refractivity contribution >= 4 is 11.8 Å². The molecular formula is C49H91N5O5. The number of ether oxygens (including phenoxy) is 3. The summed E-state index contributed by atoms with van der Waals surface area (Å²) in [6.45, 7) is 21.9. The van der Waals surface area contributed by atoms with Crippen LogP contribution in [0, 0.1) is 46.3 Å². The predicted octanol–water partition coefficient (Wildman–Crippen LogP) is 8.10. The van der Waals surface area contributed by atoms with Crippen molar-refractivity contribution in [1.29, 1.82) is 0 Å². The summed E-state index contributed by atoms with van der Waals surface area (Å²) >= 11 is 0. The van der Waals surface area contributed by atoms with Gasteiger partial charge in [-0.05, 0) is 144 Å². The Morgan fingerprint density at radius 1 is 0.763 bits per heavy atom. The van der Waals surface area contributed by atoms with Crippen molar-refractivity contribution in [3.05, 3.63) is 12.7 Å². The van der Waals surface area contributed by atoms with E-state index in [9.17, 15) is 9.59 Å². The fourth-order valence-electron chi connectivity index (χ4n) is 12.7. The van der Waals surface area contributed by atoms with Gasteiger partial charge in [-0.1, -0.05) is 72.8 Å². The van der Waals surface area contributed by atoms with E-state index in [1.54, 1.807) is 11.0 Å². The van der Waals surface area contributed by atoms with Crippen LogP contribution in [-0.4, -0.2) is 106 Å². The molecule has 10 heteroatoms. The van der Waals surface area contributed by atoms with E-state index in [1.165, 1.54) is 44.9 Å². The van der Waals surface area contributed by atoms with Gasteiger partial charge in [0, 0.05) is 51.3 Å². The minimum Gasteiger partial charge on any atom is -0.378 e. The van der Waals surface area contributed by atoms with Crippen LogP contribution in [0.2, 0.25) is 0 Å². The molecule has 4 aliphatic carbocycles. The lowest BCUT2D eigenvalue weighted by molar-refractivity contribution is -0.227.